The van der Waals surface area contributed by atoms with E-state index in [2.05, 4.69) is 26.5 Å². The van der Waals surface area contributed by atoms with Gasteiger partial charge in [-0.15, -0.1) is 0 Å². The van der Waals surface area contributed by atoms with E-state index < -0.39 is 15.9 Å². The number of amides is 1. The van der Waals surface area contributed by atoms with Crippen LogP contribution in [-0.2, 0) is 10.0 Å². The molecule has 8 heteroatoms. The monoisotopic (exact) mass is 435 g/mol. The normalized spacial score (nSPS) is 15.4. The summed E-state index contributed by atoms with van der Waals surface area (Å²) in [6, 6.07) is 13.5. The van der Waals surface area contributed by atoms with E-state index in [0.29, 0.717) is 13.1 Å². The van der Waals surface area contributed by atoms with Crippen LogP contribution in [0.1, 0.15) is 28.8 Å². The molecular weight excluding hydrogens is 418 g/mol. The zero-order chi connectivity index (χ0) is 18.6. The first kappa shape index (κ1) is 18.8. The highest BCUT2D eigenvalue weighted by Gasteiger charge is 2.27. The molecule has 1 fully saturated rings. The predicted molar refractivity (Wildman–Crippen MR) is 104 cm³/mol. The first-order chi connectivity index (χ1) is 12.5. The molecule has 0 saturated carbocycles. The molecule has 136 valence electrons. The lowest BCUT2D eigenvalue weighted by atomic mass is 10.2. The molecular formula is C18H18BrN3O3S. The third-order valence-corrected chi connectivity index (χ3v) is 6.42. The fourth-order valence-corrected chi connectivity index (χ4v) is 4.67. The zero-order valence-corrected chi connectivity index (χ0v) is 16.3. The van der Waals surface area contributed by atoms with E-state index in [1.807, 2.05) is 24.3 Å². The van der Waals surface area contributed by atoms with Crippen molar-refractivity contribution >= 4 is 38.1 Å². The van der Waals surface area contributed by atoms with Crippen molar-refractivity contribution < 1.29 is 13.2 Å². The van der Waals surface area contributed by atoms with E-state index in [1.165, 1.54) is 22.7 Å². The van der Waals surface area contributed by atoms with Gasteiger partial charge >= 0.3 is 0 Å². The Morgan fingerprint density at radius 2 is 1.85 bits per heavy atom. The molecule has 0 aromatic heterocycles. The maximum absolute atomic E-state index is 12.6. The second-order valence-corrected chi connectivity index (χ2v) is 8.75. The minimum absolute atomic E-state index is 0.128. The maximum atomic E-state index is 12.6. The molecule has 0 aliphatic carbocycles. The highest BCUT2D eigenvalue weighted by atomic mass is 79.9. The molecule has 6 nitrogen and oxygen atoms in total. The Kier molecular flexibility index (Phi) is 5.85. The molecule has 0 radical (unpaired) electrons. The average molecular weight is 436 g/mol. The number of rotatable bonds is 5. The molecule has 1 aliphatic rings. The molecule has 2 aromatic carbocycles. The lowest BCUT2D eigenvalue weighted by molar-refractivity contribution is 0.0955. The number of nitrogens with zero attached hydrogens (tertiary/aromatic N) is 2. The standard InChI is InChI=1S/C18H18BrN3O3S/c19-16-7-3-5-14(11-16)13-20-21-18(23)15-6-4-8-17(12-15)26(24,25)22-9-1-2-10-22/h3-8,11-13H,1-2,9-10H2,(H,21,23). The first-order valence-electron chi connectivity index (χ1n) is 8.16. The summed E-state index contributed by atoms with van der Waals surface area (Å²) >= 11 is 3.36. The molecule has 3 rings (SSSR count). The molecule has 1 N–H and O–H groups in total. The summed E-state index contributed by atoms with van der Waals surface area (Å²) in [5.74, 6) is -0.463. The van der Waals surface area contributed by atoms with E-state index in [4.69, 9.17) is 0 Å². The van der Waals surface area contributed by atoms with Crippen LogP contribution in [-0.4, -0.2) is 37.9 Å². The lowest BCUT2D eigenvalue weighted by Gasteiger charge is -2.15. The van der Waals surface area contributed by atoms with Crippen molar-refractivity contribution in [2.45, 2.75) is 17.7 Å². The van der Waals surface area contributed by atoms with Gasteiger partial charge in [0.25, 0.3) is 5.91 Å². The van der Waals surface area contributed by atoms with Gasteiger partial charge in [0, 0.05) is 23.1 Å². The summed E-state index contributed by atoms with van der Waals surface area (Å²) in [4.78, 5) is 12.4. The van der Waals surface area contributed by atoms with Gasteiger partial charge in [0.05, 0.1) is 11.1 Å². The van der Waals surface area contributed by atoms with Crippen molar-refractivity contribution in [1.82, 2.24) is 9.73 Å². The van der Waals surface area contributed by atoms with Crippen LogP contribution in [0.2, 0.25) is 0 Å². The number of hydrazone groups is 1. The van der Waals surface area contributed by atoms with Gasteiger partial charge in [-0.1, -0.05) is 34.1 Å². The van der Waals surface area contributed by atoms with Crippen LogP contribution >= 0.6 is 15.9 Å². The maximum Gasteiger partial charge on any atom is 0.271 e. The van der Waals surface area contributed by atoms with Crippen LogP contribution in [0.15, 0.2) is 63.0 Å². The molecule has 0 bridgehead atoms. The third-order valence-electron chi connectivity index (χ3n) is 4.03. The third kappa shape index (κ3) is 4.38. The smallest absolute Gasteiger partial charge is 0.267 e. The molecule has 1 aliphatic heterocycles. The van der Waals surface area contributed by atoms with Crippen molar-refractivity contribution in [3.05, 3.63) is 64.1 Å². The van der Waals surface area contributed by atoms with Crippen LogP contribution in [0.3, 0.4) is 0 Å². The molecule has 1 heterocycles. The van der Waals surface area contributed by atoms with Crippen LogP contribution < -0.4 is 5.43 Å². The Balaban J connectivity index is 1.72. The van der Waals surface area contributed by atoms with E-state index in [0.717, 1.165) is 22.9 Å². The van der Waals surface area contributed by atoms with Gasteiger partial charge in [0.1, 0.15) is 0 Å². The number of hydrogen-bond donors (Lipinski definition) is 1. The molecule has 1 saturated heterocycles. The highest BCUT2D eigenvalue weighted by Crippen LogP contribution is 2.21. The number of hydrogen-bond acceptors (Lipinski definition) is 4. The summed E-state index contributed by atoms with van der Waals surface area (Å²) < 4.78 is 27.6. The summed E-state index contributed by atoms with van der Waals surface area (Å²) in [6.07, 6.45) is 3.25. The Labute approximate surface area is 161 Å². The second kappa shape index (κ2) is 8.11. The minimum Gasteiger partial charge on any atom is -0.267 e. The van der Waals surface area contributed by atoms with Crippen molar-refractivity contribution in [1.29, 1.82) is 0 Å². The number of carbonyl (C=O) groups is 1. The minimum atomic E-state index is -3.55. The van der Waals surface area contributed by atoms with Crippen LogP contribution in [0.4, 0.5) is 0 Å². The molecule has 0 unspecified atom stereocenters. The van der Waals surface area contributed by atoms with Gasteiger partial charge in [0.2, 0.25) is 10.0 Å². The molecule has 0 atom stereocenters. The Morgan fingerprint density at radius 1 is 1.12 bits per heavy atom. The van der Waals surface area contributed by atoms with Crippen molar-refractivity contribution in [3.63, 3.8) is 0 Å². The lowest BCUT2D eigenvalue weighted by Crippen LogP contribution is -2.28. The van der Waals surface area contributed by atoms with Gasteiger partial charge in [-0.25, -0.2) is 13.8 Å². The van der Waals surface area contributed by atoms with E-state index >= 15 is 0 Å². The summed E-state index contributed by atoms with van der Waals surface area (Å²) in [7, 11) is -3.55. The fourth-order valence-electron chi connectivity index (χ4n) is 2.69. The largest absolute Gasteiger partial charge is 0.271 e. The molecule has 26 heavy (non-hydrogen) atoms. The SMILES string of the molecule is O=C(NN=Cc1cccc(Br)c1)c1cccc(S(=O)(=O)N2CCCC2)c1. The van der Waals surface area contributed by atoms with Crippen LogP contribution in [0, 0.1) is 0 Å². The van der Waals surface area contributed by atoms with Crippen molar-refractivity contribution in [2.24, 2.45) is 5.10 Å². The van der Waals surface area contributed by atoms with E-state index in [1.54, 1.807) is 12.1 Å². The van der Waals surface area contributed by atoms with Gasteiger partial charge in [0.15, 0.2) is 0 Å². The fraction of sp³-hybridized carbons (Fsp3) is 0.222. The van der Waals surface area contributed by atoms with Gasteiger partial charge < -0.3 is 0 Å². The Morgan fingerprint density at radius 3 is 2.58 bits per heavy atom. The number of sulfonamides is 1. The van der Waals surface area contributed by atoms with E-state index in [-0.39, 0.29) is 10.5 Å². The average Bonchev–Trinajstić information content (AvgIpc) is 3.17. The molecule has 0 spiro atoms. The van der Waals surface area contributed by atoms with Gasteiger partial charge in [-0.05, 0) is 48.7 Å². The van der Waals surface area contributed by atoms with E-state index in [9.17, 15) is 13.2 Å². The van der Waals surface area contributed by atoms with Gasteiger partial charge in [-0.3, -0.25) is 4.79 Å². The second-order valence-electron chi connectivity index (χ2n) is 5.89. The van der Waals surface area contributed by atoms with Crippen LogP contribution in [0.5, 0.6) is 0 Å². The molecule has 2 aromatic rings. The number of benzene rings is 2. The summed E-state index contributed by atoms with van der Waals surface area (Å²) in [6.45, 7) is 1.05. The predicted octanol–water partition coefficient (Wildman–Crippen LogP) is 3.00. The summed E-state index contributed by atoms with van der Waals surface area (Å²) in [5, 5.41) is 3.92. The first-order valence-corrected chi connectivity index (χ1v) is 10.4. The quantitative estimate of drug-likeness (QED) is 0.578. The zero-order valence-electron chi connectivity index (χ0n) is 13.9. The number of halogens is 1. The van der Waals surface area contributed by atoms with Crippen molar-refractivity contribution in [3.8, 4) is 0 Å². The molecule has 1 amide bonds. The van der Waals surface area contributed by atoms with Gasteiger partial charge in [-0.2, -0.15) is 9.41 Å². The Hall–Kier alpha value is -2.03. The topological polar surface area (TPSA) is 78.8 Å². The van der Waals surface area contributed by atoms with Crippen molar-refractivity contribution in [2.75, 3.05) is 13.1 Å². The number of nitrogens with one attached hydrogen (secondary N) is 1. The summed E-state index contributed by atoms with van der Waals surface area (Å²) in [5.41, 5.74) is 3.49. The number of carbonyl (C=O) groups excluding carboxylic acids is 1. The Bertz CT molecular complexity index is 938. The highest BCUT2D eigenvalue weighted by molar-refractivity contribution is 9.10. The van der Waals surface area contributed by atoms with Crippen LogP contribution in [0.25, 0.3) is 0 Å².